The van der Waals surface area contributed by atoms with Crippen molar-refractivity contribution in [2.24, 2.45) is 0 Å². The van der Waals surface area contributed by atoms with Gasteiger partial charge in [0.05, 0.1) is 0 Å². The summed E-state index contributed by atoms with van der Waals surface area (Å²) in [5.41, 5.74) is 0. The van der Waals surface area contributed by atoms with E-state index >= 15 is 0 Å². The first-order chi connectivity index (χ1) is 9.41. The van der Waals surface area contributed by atoms with Gasteiger partial charge in [0.15, 0.2) is 0 Å². The van der Waals surface area contributed by atoms with E-state index in [1.807, 2.05) is 0 Å². The minimum Gasteiger partial charge on any atom is -0.122 e. The van der Waals surface area contributed by atoms with Crippen LogP contribution in [0.1, 0.15) is 104 Å². The van der Waals surface area contributed by atoms with E-state index in [1.165, 1.54) is 111 Å². The van der Waals surface area contributed by atoms with Crippen molar-refractivity contribution in [3.8, 4) is 0 Å². The van der Waals surface area contributed by atoms with Crippen LogP contribution >= 0.6 is 8.58 Å². The first kappa shape index (κ1) is 19.4. The average Bonchev–Trinajstić information content (AvgIpc) is 2.43. The molecule has 0 saturated heterocycles. The van der Waals surface area contributed by atoms with Crippen molar-refractivity contribution in [1.29, 1.82) is 0 Å². The molecule has 0 nitrogen and oxygen atoms in total. The topological polar surface area (TPSA) is 0 Å². The molecule has 0 radical (unpaired) electrons. The first-order valence-electron chi connectivity index (χ1n) is 9.12. The molecule has 1 atom stereocenters. The SMILES string of the molecule is CCCCCCCCCCCPCCCCCCC. The molecule has 0 spiro atoms. The van der Waals surface area contributed by atoms with Crippen LogP contribution in [0, 0.1) is 0 Å². The normalized spacial score (nSPS) is 11.7. The summed E-state index contributed by atoms with van der Waals surface area (Å²) in [6, 6.07) is 0. The Bertz CT molecular complexity index is 129. The Morgan fingerprint density at radius 2 is 0.737 bits per heavy atom. The Morgan fingerprint density at radius 1 is 0.421 bits per heavy atom. The van der Waals surface area contributed by atoms with Gasteiger partial charge in [-0.1, -0.05) is 90.9 Å². The van der Waals surface area contributed by atoms with Gasteiger partial charge in [-0.15, -0.1) is 8.58 Å². The maximum absolute atomic E-state index is 2.30. The second-order valence-corrected chi connectivity index (χ2v) is 7.49. The molecular weight excluding hydrogens is 247 g/mol. The molecule has 0 aromatic rings. The first-order valence-corrected chi connectivity index (χ1v) is 10.5. The maximum Gasteiger partial charge on any atom is -0.0353 e. The number of hydrogen-bond acceptors (Lipinski definition) is 0. The third kappa shape index (κ3) is 18.4. The monoisotopic (exact) mass is 286 g/mol. The minimum atomic E-state index is 1.26. The highest BCUT2D eigenvalue weighted by Crippen LogP contribution is 2.18. The summed E-state index contributed by atoms with van der Waals surface area (Å²) in [4.78, 5) is 0. The molecule has 1 unspecified atom stereocenters. The van der Waals surface area contributed by atoms with Gasteiger partial charge in [-0.05, 0) is 25.2 Å². The summed E-state index contributed by atoms with van der Waals surface area (Å²) < 4.78 is 0. The standard InChI is InChI=1S/C18H39P/c1-3-5-7-9-10-11-12-14-16-18-19-17-15-13-8-6-4-2/h19H,3-18H2,1-2H3. The largest absolute Gasteiger partial charge is 0.122 e. The second kappa shape index (κ2) is 18.4. The lowest BCUT2D eigenvalue weighted by atomic mass is 10.1. The molecule has 0 aliphatic rings. The average molecular weight is 286 g/mol. The molecule has 0 rings (SSSR count). The van der Waals surface area contributed by atoms with Crippen molar-refractivity contribution in [2.75, 3.05) is 12.3 Å². The fourth-order valence-electron chi connectivity index (χ4n) is 2.54. The Balaban J connectivity index is 2.88. The highest BCUT2D eigenvalue weighted by molar-refractivity contribution is 7.37. The van der Waals surface area contributed by atoms with Crippen LogP contribution in [0.5, 0.6) is 0 Å². The van der Waals surface area contributed by atoms with Crippen molar-refractivity contribution in [1.82, 2.24) is 0 Å². The minimum absolute atomic E-state index is 1.26. The van der Waals surface area contributed by atoms with Crippen LogP contribution in [0.25, 0.3) is 0 Å². The summed E-state index contributed by atoms with van der Waals surface area (Å²) in [6.45, 7) is 4.59. The number of hydrogen-bond donors (Lipinski definition) is 0. The highest BCUT2D eigenvalue weighted by atomic mass is 31.1. The van der Waals surface area contributed by atoms with Gasteiger partial charge in [-0.25, -0.2) is 0 Å². The van der Waals surface area contributed by atoms with Crippen molar-refractivity contribution >= 4 is 8.58 Å². The molecule has 0 aliphatic carbocycles. The van der Waals surface area contributed by atoms with Crippen molar-refractivity contribution in [3.05, 3.63) is 0 Å². The molecule has 0 amide bonds. The molecule has 0 aromatic carbocycles. The van der Waals surface area contributed by atoms with E-state index in [-0.39, 0.29) is 0 Å². The Hall–Kier alpha value is 0.430. The van der Waals surface area contributed by atoms with Gasteiger partial charge < -0.3 is 0 Å². The van der Waals surface area contributed by atoms with Crippen molar-refractivity contribution < 1.29 is 0 Å². The number of unbranched alkanes of at least 4 members (excludes halogenated alkanes) is 12. The quantitative estimate of drug-likeness (QED) is 0.208. The predicted molar refractivity (Wildman–Crippen MR) is 94.0 cm³/mol. The van der Waals surface area contributed by atoms with Crippen molar-refractivity contribution in [3.63, 3.8) is 0 Å². The van der Waals surface area contributed by atoms with Crippen LogP contribution in [0.3, 0.4) is 0 Å². The van der Waals surface area contributed by atoms with Gasteiger partial charge in [0, 0.05) is 0 Å². The smallest absolute Gasteiger partial charge is 0.0353 e. The second-order valence-electron chi connectivity index (χ2n) is 5.99. The van der Waals surface area contributed by atoms with E-state index in [2.05, 4.69) is 13.8 Å². The Kier molecular flexibility index (Phi) is 18.8. The van der Waals surface area contributed by atoms with Gasteiger partial charge in [-0.3, -0.25) is 0 Å². The van der Waals surface area contributed by atoms with Gasteiger partial charge in [-0.2, -0.15) is 0 Å². The van der Waals surface area contributed by atoms with Gasteiger partial charge in [0.1, 0.15) is 0 Å². The molecule has 0 fully saturated rings. The zero-order valence-corrected chi connectivity index (χ0v) is 14.8. The van der Waals surface area contributed by atoms with E-state index in [9.17, 15) is 0 Å². The molecular formula is C18H39P. The molecule has 0 heterocycles. The summed E-state index contributed by atoms with van der Waals surface area (Å²) >= 11 is 0. The molecule has 0 bridgehead atoms. The summed E-state index contributed by atoms with van der Waals surface area (Å²) in [5, 5.41) is 0. The van der Waals surface area contributed by atoms with Crippen LogP contribution in [-0.2, 0) is 0 Å². The molecule has 116 valence electrons. The van der Waals surface area contributed by atoms with Crippen LogP contribution in [0.4, 0.5) is 0 Å². The molecule has 1 heteroatoms. The van der Waals surface area contributed by atoms with E-state index in [0.717, 1.165) is 0 Å². The fourth-order valence-corrected chi connectivity index (χ4v) is 3.79. The summed E-state index contributed by atoms with van der Waals surface area (Å²) in [5.74, 6) is 0. The lowest BCUT2D eigenvalue weighted by Gasteiger charge is -2.03. The molecule has 0 saturated carbocycles. The summed E-state index contributed by atoms with van der Waals surface area (Å²) in [6.07, 6.45) is 23.5. The van der Waals surface area contributed by atoms with Gasteiger partial charge in [0.2, 0.25) is 0 Å². The number of rotatable bonds is 16. The van der Waals surface area contributed by atoms with Crippen LogP contribution in [0.2, 0.25) is 0 Å². The molecule has 0 aliphatic heterocycles. The zero-order chi connectivity index (χ0) is 14.0. The van der Waals surface area contributed by atoms with Gasteiger partial charge >= 0.3 is 0 Å². The predicted octanol–water partition coefficient (Wildman–Crippen LogP) is 7.17. The lowest BCUT2D eigenvalue weighted by Crippen LogP contribution is -1.85. The van der Waals surface area contributed by atoms with E-state index in [0.29, 0.717) is 0 Å². The van der Waals surface area contributed by atoms with Crippen LogP contribution < -0.4 is 0 Å². The molecule has 19 heavy (non-hydrogen) atoms. The lowest BCUT2D eigenvalue weighted by molar-refractivity contribution is 0.573. The Labute approximate surface area is 125 Å². The third-order valence-corrected chi connectivity index (χ3v) is 5.33. The summed E-state index contributed by atoms with van der Waals surface area (Å²) in [7, 11) is 1.26. The van der Waals surface area contributed by atoms with Gasteiger partial charge in [0.25, 0.3) is 0 Å². The zero-order valence-electron chi connectivity index (χ0n) is 13.8. The van der Waals surface area contributed by atoms with E-state index in [1.54, 1.807) is 0 Å². The van der Waals surface area contributed by atoms with Crippen LogP contribution in [0.15, 0.2) is 0 Å². The fraction of sp³-hybridized carbons (Fsp3) is 1.00. The van der Waals surface area contributed by atoms with Crippen molar-refractivity contribution in [2.45, 2.75) is 104 Å². The van der Waals surface area contributed by atoms with Crippen LogP contribution in [-0.4, -0.2) is 12.3 Å². The highest BCUT2D eigenvalue weighted by Gasteiger charge is 1.93. The molecule has 0 aromatic heterocycles. The molecule has 0 N–H and O–H groups in total. The van der Waals surface area contributed by atoms with E-state index in [4.69, 9.17) is 0 Å². The maximum atomic E-state index is 2.30. The third-order valence-electron chi connectivity index (χ3n) is 3.91. The Morgan fingerprint density at radius 3 is 1.11 bits per heavy atom. The van der Waals surface area contributed by atoms with E-state index < -0.39 is 0 Å².